The van der Waals surface area contributed by atoms with Crippen molar-refractivity contribution in [3.05, 3.63) is 29.3 Å². The van der Waals surface area contributed by atoms with Crippen LogP contribution < -0.4 is 10.0 Å². The number of carbonyl (C=O) groups excluding carboxylic acids is 1. The molecule has 1 aliphatic carbocycles. The topological polar surface area (TPSA) is 75.3 Å². The predicted octanol–water partition coefficient (Wildman–Crippen LogP) is 1.97. The van der Waals surface area contributed by atoms with Gasteiger partial charge >= 0.3 is 0 Å². The van der Waals surface area contributed by atoms with Gasteiger partial charge in [0.25, 0.3) is 5.91 Å². The first kappa shape index (κ1) is 17.5. The van der Waals surface area contributed by atoms with Crippen molar-refractivity contribution in [2.45, 2.75) is 50.0 Å². The highest BCUT2D eigenvalue weighted by atomic mass is 32.2. The molecule has 0 saturated heterocycles. The normalized spacial score (nSPS) is 15.8. The molecule has 124 valence electrons. The van der Waals surface area contributed by atoms with Crippen LogP contribution >= 0.6 is 0 Å². The third-order valence-electron chi connectivity index (χ3n) is 4.04. The second kappa shape index (κ2) is 7.62. The van der Waals surface area contributed by atoms with E-state index in [9.17, 15) is 13.2 Å². The van der Waals surface area contributed by atoms with Gasteiger partial charge in [-0.2, -0.15) is 0 Å². The van der Waals surface area contributed by atoms with Crippen molar-refractivity contribution >= 4 is 15.9 Å². The Hall–Kier alpha value is -1.84. The molecule has 1 aromatic carbocycles. The SMILES string of the molecule is C#CCNC(=O)c1cc(S(=O)(=O)NC2CCCCC2)ccc1C. The van der Waals surface area contributed by atoms with Crippen LogP contribution in [0.5, 0.6) is 0 Å². The van der Waals surface area contributed by atoms with E-state index in [0.717, 1.165) is 32.1 Å². The maximum atomic E-state index is 12.5. The summed E-state index contributed by atoms with van der Waals surface area (Å²) in [5.74, 6) is 1.96. The molecule has 6 heteroatoms. The van der Waals surface area contributed by atoms with Gasteiger partial charge in [-0.3, -0.25) is 4.79 Å². The van der Waals surface area contributed by atoms with Gasteiger partial charge < -0.3 is 5.32 Å². The number of amides is 1. The summed E-state index contributed by atoms with van der Waals surface area (Å²) in [6.07, 6.45) is 10.1. The van der Waals surface area contributed by atoms with Crippen LogP contribution in [0.25, 0.3) is 0 Å². The fourth-order valence-electron chi connectivity index (χ4n) is 2.75. The Morgan fingerprint density at radius 1 is 1.30 bits per heavy atom. The van der Waals surface area contributed by atoms with Gasteiger partial charge in [0.2, 0.25) is 10.0 Å². The summed E-state index contributed by atoms with van der Waals surface area (Å²) < 4.78 is 27.8. The minimum absolute atomic E-state index is 0.0197. The lowest BCUT2D eigenvalue weighted by Gasteiger charge is -2.22. The number of hydrogen-bond acceptors (Lipinski definition) is 3. The molecule has 0 atom stereocenters. The van der Waals surface area contributed by atoms with Crippen LogP contribution in [0.4, 0.5) is 0 Å². The van der Waals surface area contributed by atoms with Gasteiger partial charge in [0.05, 0.1) is 11.4 Å². The largest absolute Gasteiger partial charge is 0.341 e. The molecular formula is C17H22N2O3S. The van der Waals surface area contributed by atoms with Crippen molar-refractivity contribution < 1.29 is 13.2 Å². The van der Waals surface area contributed by atoms with Gasteiger partial charge in [0, 0.05) is 11.6 Å². The molecule has 0 spiro atoms. The van der Waals surface area contributed by atoms with Crippen LogP contribution in [0.2, 0.25) is 0 Å². The molecule has 1 aromatic rings. The Morgan fingerprint density at radius 2 is 2.00 bits per heavy atom. The van der Waals surface area contributed by atoms with E-state index in [1.807, 2.05) is 0 Å². The number of hydrogen-bond donors (Lipinski definition) is 2. The number of nitrogens with one attached hydrogen (secondary N) is 2. The Morgan fingerprint density at radius 3 is 2.65 bits per heavy atom. The van der Waals surface area contributed by atoms with E-state index in [4.69, 9.17) is 6.42 Å². The van der Waals surface area contributed by atoms with Crippen LogP contribution in [0.15, 0.2) is 23.1 Å². The van der Waals surface area contributed by atoms with Crippen LogP contribution in [0, 0.1) is 19.3 Å². The van der Waals surface area contributed by atoms with Gasteiger partial charge in [0.1, 0.15) is 0 Å². The molecule has 0 aliphatic heterocycles. The molecule has 0 unspecified atom stereocenters. The molecule has 1 fully saturated rings. The maximum absolute atomic E-state index is 12.5. The van der Waals surface area contributed by atoms with Crippen LogP contribution in [0.1, 0.15) is 48.0 Å². The molecule has 5 nitrogen and oxygen atoms in total. The minimum Gasteiger partial charge on any atom is -0.341 e. The van der Waals surface area contributed by atoms with Crippen LogP contribution in [-0.4, -0.2) is 26.9 Å². The highest BCUT2D eigenvalue weighted by Gasteiger charge is 2.23. The van der Waals surface area contributed by atoms with Crippen molar-refractivity contribution in [2.75, 3.05) is 6.54 Å². The molecule has 0 radical (unpaired) electrons. The van der Waals surface area contributed by atoms with Gasteiger partial charge in [-0.15, -0.1) is 6.42 Å². The van der Waals surface area contributed by atoms with E-state index in [1.165, 1.54) is 12.1 Å². The summed E-state index contributed by atoms with van der Waals surface area (Å²) in [6.45, 7) is 1.87. The van der Waals surface area contributed by atoms with E-state index in [1.54, 1.807) is 13.0 Å². The fourth-order valence-corrected chi connectivity index (χ4v) is 4.08. The molecule has 0 heterocycles. The highest BCUT2D eigenvalue weighted by molar-refractivity contribution is 7.89. The molecule has 2 rings (SSSR count). The number of aryl methyl sites for hydroxylation is 1. The monoisotopic (exact) mass is 334 g/mol. The molecule has 1 amide bonds. The Kier molecular flexibility index (Phi) is 5.80. The molecule has 1 saturated carbocycles. The van der Waals surface area contributed by atoms with Gasteiger partial charge in [-0.25, -0.2) is 13.1 Å². The second-order valence-electron chi connectivity index (χ2n) is 5.82. The number of carbonyl (C=O) groups is 1. The van der Waals surface area contributed by atoms with E-state index in [0.29, 0.717) is 11.1 Å². The minimum atomic E-state index is -3.62. The van der Waals surface area contributed by atoms with Gasteiger partial charge in [0.15, 0.2) is 0 Å². The quantitative estimate of drug-likeness (QED) is 0.809. The van der Waals surface area contributed by atoms with E-state index < -0.39 is 10.0 Å². The average molecular weight is 334 g/mol. The van der Waals surface area contributed by atoms with Gasteiger partial charge in [-0.1, -0.05) is 31.2 Å². The van der Waals surface area contributed by atoms with Crippen molar-refractivity contribution in [3.8, 4) is 12.3 Å². The summed E-state index contributed by atoms with van der Waals surface area (Å²) in [7, 11) is -3.62. The summed E-state index contributed by atoms with van der Waals surface area (Å²) in [6, 6.07) is 4.55. The Balaban J connectivity index is 2.21. The average Bonchev–Trinajstić information content (AvgIpc) is 2.53. The zero-order chi connectivity index (χ0) is 16.9. The Bertz CT molecular complexity index is 714. The zero-order valence-electron chi connectivity index (χ0n) is 13.3. The van der Waals surface area contributed by atoms with Crippen molar-refractivity contribution in [3.63, 3.8) is 0 Å². The highest BCUT2D eigenvalue weighted by Crippen LogP contribution is 2.21. The van der Waals surface area contributed by atoms with Gasteiger partial charge in [-0.05, 0) is 37.5 Å². The maximum Gasteiger partial charge on any atom is 0.252 e. The molecule has 1 aliphatic rings. The lowest BCUT2D eigenvalue weighted by Crippen LogP contribution is -2.36. The first-order chi connectivity index (χ1) is 10.9. The third-order valence-corrected chi connectivity index (χ3v) is 5.56. The summed E-state index contributed by atoms with van der Waals surface area (Å²) in [5, 5.41) is 2.56. The molecule has 0 bridgehead atoms. The van der Waals surface area contributed by atoms with E-state index in [-0.39, 0.29) is 23.4 Å². The van der Waals surface area contributed by atoms with E-state index in [2.05, 4.69) is 16.0 Å². The standard InChI is InChI=1S/C17H22N2O3S/c1-3-11-18-17(20)16-12-15(10-9-13(16)2)23(21,22)19-14-7-5-4-6-8-14/h1,9-10,12,14,19H,4-8,11H2,2H3,(H,18,20). The predicted molar refractivity (Wildman–Crippen MR) is 89.5 cm³/mol. The van der Waals surface area contributed by atoms with Crippen molar-refractivity contribution in [1.29, 1.82) is 0 Å². The molecular weight excluding hydrogens is 312 g/mol. The fraction of sp³-hybridized carbons (Fsp3) is 0.471. The van der Waals surface area contributed by atoms with Crippen LogP contribution in [0.3, 0.4) is 0 Å². The lowest BCUT2D eigenvalue weighted by molar-refractivity contribution is 0.0958. The number of benzene rings is 1. The molecule has 2 N–H and O–H groups in total. The van der Waals surface area contributed by atoms with E-state index >= 15 is 0 Å². The first-order valence-electron chi connectivity index (χ1n) is 7.78. The van der Waals surface area contributed by atoms with Crippen molar-refractivity contribution in [1.82, 2.24) is 10.0 Å². The molecule has 23 heavy (non-hydrogen) atoms. The Labute approximate surface area is 137 Å². The van der Waals surface area contributed by atoms with Crippen molar-refractivity contribution in [2.24, 2.45) is 0 Å². The first-order valence-corrected chi connectivity index (χ1v) is 9.27. The summed E-state index contributed by atoms with van der Waals surface area (Å²) in [5.41, 5.74) is 1.03. The number of terminal acetylenes is 1. The number of sulfonamides is 1. The second-order valence-corrected chi connectivity index (χ2v) is 7.53. The summed E-state index contributed by atoms with van der Waals surface area (Å²) >= 11 is 0. The summed E-state index contributed by atoms with van der Waals surface area (Å²) in [4.78, 5) is 12.2. The zero-order valence-corrected chi connectivity index (χ0v) is 14.1. The number of rotatable bonds is 5. The smallest absolute Gasteiger partial charge is 0.252 e. The third kappa shape index (κ3) is 4.57. The lowest BCUT2D eigenvalue weighted by atomic mass is 9.96. The molecule has 0 aromatic heterocycles. The van der Waals surface area contributed by atoms with Crippen LogP contribution in [-0.2, 0) is 10.0 Å².